The van der Waals surface area contributed by atoms with Gasteiger partial charge in [-0.2, -0.15) is 0 Å². The molecule has 0 heterocycles. The van der Waals surface area contributed by atoms with Crippen molar-refractivity contribution in [3.63, 3.8) is 0 Å². The quantitative estimate of drug-likeness (QED) is 0.454. The van der Waals surface area contributed by atoms with E-state index in [1.165, 1.54) is 0 Å². The smallest absolute Gasteiger partial charge is 0.334 e. The largest absolute Gasteiger partial charge is 0.439 e. The van der Waals surface area contributed by atoms with Crippen molar-refractivity contribution in [1.82, 2.24) is 4.90 Å². The Bertz CT molecular complexity index is 435. The highest BCUT2D eigenvalue weighted by atomic mass is 16.6. The molecule has 0 N–H and O–H groups in total. The number of rotatable bonds is 5. The zero-order valence-electron chi connectivity index (χ0n) is 11.1. The second kappa shape index (κ2) is 6.77. The fourth-order valence-corrected chi connectivity index (χ4v) is 1.28. The first kappa shape index (κ1) is 14.2. The van der Waals surface area contributed by atoms with Gasteiger partial charge < -0.3 is 4.74 Å². The Hall–Kier alpha value is -1.87. The molecule has 0 aromatic heterocycles. The highest BCUT2D eigenvalue weighted by Crippen LogP contribution is 2.07. The zero-order valence-corrected chi connectivity index (χ0v) is 11.1. The van der Waals surface area contributed by atoms with E-state index in [1.807, 2.05) is 61.5 Å². The number of hydrogen-bond acceptors (Lipinski definition) is 3. The number of esters is 1. The SMILES string of the molecule is C=C(C)C(=O)OC(C=Cc1ccccc1)N(C)C. The predicted octanol–water partition coefficient (Wildman–Crippen LogP) is 2.71. The van der Waals surface area contributed by atoms with E-state index in [2.05, 4.69) is 6.58 Å². The Labute approximate surface area is 108 Å². The molecular formula is C15H19NO2. The zero-order chi connectivity index (χ0) is 13.5. The van der Waals surface area contributed by atoms with Gasteiger partial charge in [-0.25, -0.2) is 4.79 Å². The molecule has 1 atom stereocenters. The molecule has 1 aromatic carbocycles. The lowest BCUT2D eigenvalue weighted by atomic mass is 10.2. The van der Waals surface area contributed by atoms with Crippen molar-refractivity contribution in [2.45, 2.75) is 13.2 Å². The Morgan fingerprint density at radius 3 is 2.44 bits per heavy atom. The molecule has 0 saturated heterocycles. The molecule has 0 aliphatic rings. The number of ether oxygens (including phenoxy) is 1. The van der Waals surface area contributed by atoms with Crippen LogP contribution in [0.2, 0.25) is 0 Å². The first-order valence-electron chi connectivity index (χ1n) is 5.77. The maximum Gasteiger partial charge on any atom is 0.334 e. The fourth-order valence-electron chi connectivity index (χ4n) is 1.28. The van der Waals surface area contributed by atoms with Crippen molar-refractivity contribution in [2.75, 3.05) is 14.1 Å². The van der Waals surface area contributed by atoms with Crippen LogP contribution in [0, 0.1) is 0 Å². The van der Waals surface area contributed by atoms with Crippen molar-refractivity contribution < 1.29 is 9.53 Å². The number of carbonyl (C=O) groups excluding carboxylic acids is 1. The summed E-state index contributed by atoms with van der Waals surface area (Å²) >= 11 is 0. The van der Waals surface area contributed by atoms with Gasteiger partial charge in [-0.05, 0) is 32.7 Å². The minimum atomic E-state index is -0.394. The van der Waals surface area contributed by atoms with Gasteiger partial charge >= 0.3 is 5.97 Å². The van der Waals surface area contributed by atoms with Gasteiger partial charge in [-0.15, -0.1) is 0 Å². The Morgan fingerprint density at radius 1 is 1.33 bits per heavy atom. The fraction of sp³-hybridized carbons (Fsp3) is 0.267. The summed E-state index contributed by atoms with van der Waals surface area (Å²) in [5, 5.41) is 0. The molecule has 1 rings (SSSR count). The van der Waals surface area contributed by atoms with E-state index in [-0.39, 0.29) is 5.97 Å². The molecule has 0 aliphatic carbocycles. The summed E-state index contributed by atoms with van der Waals surface area (Å²) in [6, 6.07) is 9.87. The maximum atomic E-state index is 11.5. The van der Waals surface area contributed by atoms with Crippen LogP contribution in [0.15, 0.2) is 48.6 Å². The lowest BCUT2D eigenvalue weighted by Crippen LogP contribution is -2.31. The number of carbonyl (C=O) groups is 1. The van der Waals surface area contributed by atoms with Gasteiger partial charge in [-0.3, -0.25) is 4.90 Å². The lowest BCUT2D eigenvalue weighted by Gasteiger charge is -2.21. The summed E-state index contributed by atoms with van der Waals surface area (Å²) in [4.78, 5) is 13.3. The summed E-state index contributed by atoms with van der Waals surface area (Å²) in [6.45, 7) is 5.20. The Morgan fingerprint density at radius 2 is 1.94 bits per heavy atom. The van der Waals surface area contributed by atoms with E-state index in [1.54, 1.807) is 6.92 Å². The molecule has 18 heavy (non-hydrogen) atoms. The van der Waals surface area contributed by atoms with Crippen molar-refractivity contribution in [3.8, 4) is 0 Å². The number of likely N-dealkylation sites (N-methyl/N-ethyl adjacent to an activating group) is 1. The molecule has 0 bridgehead atoms. The third-order valence-corrected chi connectivity index (χ3v) is 2.34. The molecule has 0 aliphatic heterocycles. The van der Waals surface area contributed by atoms with Gasteiger partial charge in [-0.1, -0.05) is 43.0 Å². The van der Waals surface area contributed by atoms with Gasteiger partial charge in [0.25, 0.3) is 0 Å². The first-order valence-corrected chi connectivity index (χ1v) is 5.77. The van der Waals surface area contributed by atoms with E-state index in [0.29, 0.717) is 5.57 Å². The Kier molecular flexibility index (Phi) is 5.33. The van der Waals surface area contributed by atoms with Crippen LogP contribution in [-0.4, -0.2) is 31.2 Å². The minimum absolute atomic E-state index is 0.383. The van der Waals surface area contributed by atoms with Crippen LogP contribution in [0.4, 0.5) is 0 Å². The number of hydrogen-bond donors (Lipinski definition) is 0. The molecule has 3 heteroatoms. The van der Waals surface area contributed by atoms with Crippen LogP contribution < -0.4 is 0 Å². The molecule has 0 fully saturated rings. The summed E-state index contributed by atoms with van der Waals surface area (Å²) in [5.41, 5.74) is 1.46. The number of benzene rings is 1. The van der Waals surface area contributed by atoms with Crippen LogP contribution >= 0.6 is 0 Å². The standard InChI is InChI=1S/C15H19NO2/c1-12(2)15(17)18-14(16(3)4)11-10-13-8-6-5-7-9-13/h5-11,14H,1H2,2-4H3. The minimum Gasteiger partial charge on any atom is -0.439 e. The molecule has 3 nitrogen and oxygen atoms in total. The normalized spacial score (nSPS) is 12.7. The molecular weight excluding hydrogens is 226 g/mol. The maximum absolute atomic E-state index is 11.5. The average Bonchev–Trinajstić information content (AvgIpc) is 2.34. The molecule has 0 saturated carbocycles. The summed E-state index contributed by atoms with van der Waals surface area (Å²) in [6.07, 6.45) is 3.38. The Balaban J connectivity index is 2.72. The third kappa shape index (κ3) is 4.55. The lowest BCUT2D eigenvalue weighted by molar-refractivity contribution is -0.147. The summed E-state index contributed by atoms with van der Waals surface area (Å²) < 4.78 is 5.30. The van der Waals surface area contributed by atoms with Gasteiger partial charge in [0.15, 0.2) is 6.23 Å². The van der Waals surface area contributed by atoms with Crippen molar-refractivity contribution in [3.05, 3.63) is 54.1 Å². The highest BCUT2D eigenvalue weighted by molar-refractivity contribution is 5.87. The van der Waals surface area contributed by atoms with Crippen molar-refractivity contribution in [2.24, 2.45) is 0 Å². The summed E-state index contributed by atoms with van der Waals surface area (Å²) in [5.74, 6) is -0.383. The van der Waals surface area contributed by atoms with Gasteiger partial charge in [0, 0.05) is 5.57 Å². The van der Waals surface area contributed by atoms with E-state index < -0.39 is 6.23 Å². The topological polar surface area (TPSA) is 29.5 Å². The van der Waals surface area contributed by atoms with E-state index in [4.69, 9.17) is 4.74 Å². The van der Waals surface area contributed by atoms with Crippen LogP contribution in [0.25, 0.3) is 6.08 Å². The average molecular weight is 245 g/mol. The van der Waals surface area contributed by atoms with Crippen LogP contribution in [-0.2, 0) is 9.53 Å². The highest BCUT2D eigenvalue weighted by Gasteiger charge is 2.13. The van der Waals surface area contributed by atoms with E-state index >= 15 is 0 Å². The second-order valence-corrected chi connectivity index (χ2v) is 4.31. The summed E-state index contributed by atoms with van der Waals surface area (Å²) in [7, 11) is 3.71. The molecule has 0 spiro atoms. The van der Waals surface area contributed by atoms with E-state index in [0.717, 1.165) is 5.56 Å². The second-order valence-electron chi connectivity index (χ2n) is 4.31. The van der Waals surface area contributed by atoms with Gasteiger partial charge in [0.2, 0.25) is 0 Å². The van der Waals surface area contributed by atoms with Gasteiger partial charge in [0.1, 0.15) is 0 Å². The van der Waals surface area contributed by atoms with Gasteiger partial charge in [0.05, 0.1) is 0 Å². The molecule has 1 unspecified atom stereocenters. The van der Waals surface area contributed by atoms with Crippen LogP contribution in [0.1, 0.15) is 12.5 Å². The van der Waals surface area contributed by atoms with Crippen molar-refractivity contribution in [1.29, 1.82) is 0 Å². The molecule has 1 aromatic rings. The van der Waals surface area contributed by atoms with Crippen LogP contribution in [0.3, 0.4) is 0 Å². The third-order valence-electron chi connectivity index (χ3n) is 2.34. The molecule has 0 radical (unpaired) electrons. The first-order chi connectivity index (χ1) is 8.50. The number of nitrogens with zero attached hydrogens (tertiary/aromatic N) is 1. The van der Waals surface area contributed by atoms with Crippen molar-refractivity contribution >= 4 is 12.0 Å². The monoisotopic (exact) mass is 245 g/mol. The van der Waals surface area contributed by atoms with Crippen LogP contribution in [0.5, 0.6) is 0 Å². The predicted molar refractivity (Wildman–Crippen MR) is 73.9 cm³/mol. The molecule has 0 amide bonds. The molecule has 96 valence electrons. The van der Waals surface area contributed by atoms with E-state index in [9.17, 15) is 4.79 Å².